The zero-order chi connectivity index (χ0) is 31.6. The Morgan fingerprint density at radius 2 is 1.86 bits per heavy atom. The quantitative estimate of drug-likeness (QED) is 0.393. The Labute approximate surface area is 255 Å². The Hall–Kier alpha value is -4.47. The third-order valence-corrected chi connectivity index (χ3v) is 8.13. The molecule has 0 spiro atoms. The molecular weight excluding hydrogens is 599 g/mol. The number of aliphatic hydroxyl groups excluding tert-OH is 1. The first kappa shape index (κ1) is 31.0. The van der Waals surface area contributed by atoms with Crippen molar-refractivity contribution >= 4 is 40.8 Å². The van der Waals surface area contributed by atoms with Crippen LogP contribution in [0.5, 0.6) is 0 Å². The molecule has 3 aromatic rings. The van der Waals surface area contributed by atoms with Crippen molar-refractivity contribution in [1.82, 2.24) is 10.3 Å². The number of amides is 3. The number of hydrogen-bond acceptors (Lipinski definition) is 6. The van der Waals surface area contributed by atoms with Gasteiger partial charge in [0.05, 0.1) is 11.6 Å². The van der Waals surface area contributed by atoms with Crippen molar-refractivity contribution in [2.24, 2.45) is 0 Å². The molecule has 1 aliphatic heterocycles. The Morgan fingerprint density at radius 1 is 1.14 bits per heavy atom. The normalized spacial score (nSPS) is 20.5. The summed E-state index contributed by atoms with van der Waals surface area (Å²) in [5.74, 6) is -6.14. The third-order valence-electron chi connectivity index (χ3n) is 7.78. The van der Waals surface area contributed by atoms with Crippen LogP contribution < -0.4 is 15.1 Å². The summed E-state index contributed by atoms with van der Waals surface area (Å²) < 4.78 is 42.3. The lowest BCUT2D eigenvalue weighted by molar-refractivity contribution is -0.128. The summed E-state index contributed by atoms with van der Waals surface area (Å²) in [7, 11) is 0. The van der Waals surface area contributed by atoms with Gasteiger partial charge >= 0.3 is 0 Å². The minimum absolute atomic E-state index is 0.000106. The number of nitrogens with zero attached hydrogens (tertiary/aromatic N) is 4. The Kier molecular flexibility index (Phi) is 8.90. The summed E-state index contributed by atoms with van der Waals surface area (Å²) >= 11 is 6.54. The molecule has 3 amide bonds. The molecule has 0 bridgehead atoms. The first-order valence-electron chi connectivity index (χ1n) is 13.9. The summed E-state index contributed by atoms with van der Waals surface area (Å²) in [6.45, 7) is 0. The Balaban J connectivity index is 1.61. The van der Waals surface area contributed by atoms with E-state index < -0.39 is 73.0 Å². The van der Waals surface area contributed by atoms with E-state index in [9.17, 15) is 37.9 Å². The number of benzene rings is 2. The van der Waals surface area contributed by atoms with E-state index in [2.05, 4.69) is 10.3 Å². The molecule has 2 aromatic carbocycles. The number of rotatable bonds is 7. The molecule has 2 aliphatic rings. The molecule has 44 heavy (non-hydrogen) atoms. The maximum absolute atomic E-state index is 14.6. The van der Waals surface area contributed by atoms with Crippen LogP contribution >= 0.6 is 11.6 Å². The van der Waals surface area contributed by atoms with E-state index in [0.717, 1.165) is 21.9 Å². The lowest BCUT2D eigenvalue weighted by Gasteiger charge is -2.37. The molecular formula is C31H27ClF3N5O4. The topological polar surface area (TPSA) is 127 Å². The van der Waals surface area contributed by atoms with Gasteiger partial charge in [-0.15, -0.1) is 0 Å². The van der Waals surface area contributed by atoms with Gasteiger partial charge in [-0.05, 0) is 49.2 Å². The van der Waals surface area contributed by atoms with Crippen molar-refractivity contribution in [3.8, 4) is 6.07 Å². The monoisotopic (exact) mass is 625 g/mol. The van der Waals surface area contributed by atoms with Gasteiger partial charge in [-0.1, -0.05) is 35.9 Å². The maximum Gasteiger partial charge on any atom is 0.257 e. The largest absolute Gasteiger partial charge is 0.383 e. The Morgan fingerprint density at radius 3 is 2.55 bits per heavy atom. The van der Waals surface area contributed by atoms with Crippen LogP contribution in [-0.2, 0) is 14.4 Å². The average molecular weight is 626 g/mol. The fourth-order valence-corrected chi connectivity index (χ4v) is 5.82. The van der Waals surface area contributed by atoms with Crippen LogP contribution in [0, 0.1) is 17.1 Å². The first-order valence-corrected chi connectivity index (χ1v) is 14.3. The molecule has 9 nitrogen and oxygen atoms in total. The van der Waals surface area contributed by atoms with Crippen molar-refractivity contribution in [1.29, 1.82) is 5.26 Å². The van der Waals surface area contributed by atoms with Gasteiger partial charge in [0, 0.05) is 47.8 Å². The second-order valence-corrected chi connectivity index (χ2v) is 11.1. The number of hydrogen-bond donors (Lipinski definition) is 2. The predicted octanol–water partition coefficient (Wildman–Crippen LogP) is 4.68. The van der Waals surface area contributed by atoms with Crippen LogP contribution in [0.15, 0.2) is 66.9 Å². The van der Waals surface area contributed by atoms with E-state index in [1.54, 1.807) is 12.1 Å². The van der Waals surface area contributed by atoms with E-state index in [4.69, 9.17) is 11.6 Å². The van der Waals surface area contributed by atoms with Crippen molar-refractivity contribution in [3.63, 3.8) is 0 Å². The lowest BCUT2D eigenvalue weighted by Crippen LogP contribution is -2.53. The van der Waals surface area contributed by atoms with Crippen molar-refractivity contribution in [3.05, 3.63) is 88.8 Å². The smallest absolute Gasteiger partial charge is 0.257 e. The van der Waals surface area contributed by atoms with E-state index in [0.29, 0.717) is 0 Å². The van der Waals surface area contributed by atoms with Gasteiger partial charge in [-0.2, -0.15) is 5.26 Å². The highest BCUT2D eigenvalue weighted by Crippen LogP contribution is 2.37. The molecule has 1 saturated carbocycles. The SMILES string of the molecule is N#Cc1ccnc(N2C(=O)[C@@H](O)C[C@H]2C(=O)N(c2cccc(F)c2)C(C(=O)NC2CCC(F)(F)CC2)c2ccccc2Cl)c1. The van der Waals surface area contributed by atoms with Crippen molar-refractivity contribution in [2.45, 2.75) is 62.3 Å². The van der Waals surface area contributed by atoms with E-state index in [-0.39, 0.29) is 40.5 Å². The molecule has 1 unspecified atom stereocenters. The molecule has 3 atom stereocenters. The van der Waals surface area contributed by atoms with Gasteiger partial charge < -0.3 is 10.4 Å². The molecule has 2 fully saturated rings. The molecule has 0 radical (unpaired) electrons. The second-order valence-electron chi connectivity index (χ2n) is 10.7. The number of aromatic nitrogens is 1. The second kappa shape index (κ2) is 12.6. The number of nitrogens with one attached hydrogen (secondary N) is 1. The highest BCUT2D eigenvalue weighted by Gasteiger charge is 2.48. The van der Waals surface area contributed by atoms with Gasteiger partial charge in [-0.3, -0.25) is 24.2 Å². The van der Waals surface area contributed by atoms with Crippen LogP contribution in [-0.4, -0.2) is 51.9 Å². The van der Waals surface area contributed by atoms with Crippen LogP contribution in [0.25, 0.3) is 0 Å². The van der Waals surface area contributed by atoms with E-state index >= 15 is 0 Å². The lowest BCUT2D eigenvalue weighted by atomic mass is 9.91. The molecule has 5 rings (SSSR count). The van der Waals surface area contributed by atoms with Crippen LogP contribution in [0.2, 0.25) is 5.02 Å². The number of alkyl halides is 2. The standard InChI is InChI=1S/C31H27ClF3N5O4/c32-23-7-2-1-6-22(23)27(28(42)38-20-8-11-31(34,35)12-9-20)39(21-5-3-4-19(33)15-21)29(43)24-16-25(41)30(44)40(24)26-14-18(17-36)10-13-37-26/h1-7,10,13-15,20,24-25,27,41H,8-9,11-12,16H2,(H,38,42)/t24-,25-,27?/m0/s1. The zero-order valence-electron chi connectivity index (χ0n) is 23.2. The minimum atomic E-state index is -2.84. The predicted molar refractivity (Wildman–Crippen MR) is 154 cm³/mol. The highest BCUT2D eigenvalue weighted by molar-refractivity contribution is 6.31. The summed E-state index contributed by atoms with van der Waals surface area (Å²) in [6, 6.07) is 12.1. The molecule has 13 heteroatoms. The number of carbonyl (C=O) groups is 3. The van der Waals surface area contributed by atoms with E-state index in [1.807, 2.05) is 6.07 Å². The van der Waals surface area contributed by atoms with Gasteiger partial charge in [0.1, 0.15) is 29.8 Å². The van der Waals surface area contributed by atoms with Crippen molar-refractivity contribution < 1.29 is 32.7 Å². The minimum Gasteiger partial charge on any atom is -0.383 e. The summed E-state index contributed by atoms with van der Waals surface area (Å²) in [4.78, 5) is 47.9. The Bertz CT molecular complexity index is 1620. The summed E-state index contributed by atoms with van der Waals surface area (Å²) in [5, 5.41) is 22.8. The van der Waals surface area contributed by atoms with Crippen molar-refractivity contribution in [2.75, 3.05) is 9.80 Å². The van der Waals surface area contributed by atoms with E-state index in [1.165, 1.54) is 42.6 Å². The van der Waals surface area contributed by atoms with Gasteiger partial charge in [0.15, 0.2) is 0 Å². The van der Waals surface area contributed by atoms with Crippen LogP contribution in [0.4, 0.5) is 24.7 Å². The molecule has 1 aromatic heterocycles. The van der Waals surface area contributed by atoms with Crippen LogP contribution in [0.1, 0.15) is 49.3 Å². The number of nitriles is 1. The van der Waals surface area contributed by atoms with Gasteiger partial charge in [-0.25, -0.2) is 18.2 Å². The fourth-order valence-electron chi connectivity index (χ4n) is 5.58. The summed E-state index contributed by atoms with van der Waals surface area (Å²) in [6.07, 6.45) is -1.58. The fraction of sp³-hybridized carbons (Fsp3) is 0.323. The molecule has 2 N–H and O–H groups in total. The highest BCUT2D eigenvalue weighted by atomic mass is 35.5. The average Bonchev–Trinajstić information content (AvgIpc) is 3.30. The number of carbonyl (C=O) groups excluding carboxylic acids is 3. The molecule has 2 heterocycles. The first-order chi connectivity index (χ1) is 21.0. The van der Waals surface area contributed by atoms with Gasteiger partial charge in [0.25, 0.3) is 11.8 Å². The molecule has 1 aliphatic carbocycles. The number of aliphatic hydroxyl groups is 1. The third kappa shape index (κ3) is 6.39. The number of pyridine rings is 1. The van der Waals surface area contributed by atoms with Crippen LogP contribution in [0.3, 0.4) is 0 Å². The van der Waals surface area contributed by atoms with Gasteiger partial charge in [0.2, 0.25) is 11.8 Å². The maximum atomic E-state index is 14.6. The molecule has 1 saturated heterocycles. The summed E-state index contributed by atoms with van der Waals surface area (Å²) in [5.41, 5.74) is 0.243. The molecule has 228 valence electrons. The number of anilines is 2. The zero-order valence-corrected chi connectivity index (χ0v) is 23.9. The number of halogens is 4.